The van der Waals surface area contributed by atoms with Crippen molar-refractivity contribution in [1.82, 2.24) is 25.4 Å². The van der Waals surface area contributed by atoms with Crippen molar-refractivity contribution in [1.29, 1.82) is 0 Å². The van der Waals surface area contributed by atoms with Gasteiger partial charge in [-0.1, -0.05) is 18.2 Å². The minimum Gasteiger partial charge on any atom is -0.488 e. The zero-order valence-electron chi connectivity index (χ0n) is 17.8. The molecular weight excluding hydrogens is 352 g/mol. The molecule has 1 aromatic carbocycles. The van der Waals surface area contributed by atoms with Crippen LogP contribution in [0.25, 0.3) is 0 Å². The molecule has 0 saturated carbocycles. The summed E-state index contributed by atoms with van der Waals surface area (Å²) < 4.78 is 8.08. The molecule has 152 valence electrons. The number of ether oxygens (including phenoxy) is 1. The lowest BCUT2D eigenvalue weighted by atomic mass is 10.1. The number of benzene rings is 1. The summed E-state index contributed by atoms with van der Waals surface area (Å²) in [4.78, 5) is 4.71. The summed E-state index contributed by atoms with van der Waals surface area (Å²) in [5, 5.41) is 14.8. The number of hydrogen-bond donors (Lipinski definition) is 2. The molecule has 28 heavy (non-hydrogen) atoms. The summed E-state index contributed by atoms with van der Waals surface area (Å²) in [6, 6.07) is 6.20. The van der Waals surface area contributed by atoms with E-state index in [0.29, 0.717) is 25.6 Å². The van der Waals surface area contributed by atoms with Crippen LogP contribution in [0.15, 0.2) is 35.8 Å². The van der Waals surface area contributed by atoms with Gasteiger partial charge in [-0.25, -0.2) is 4.99 Å². The molecular formula is C21H32N6O. The highest BCUT2D eigenvalue weighted by molar-refractivity contribution is 5.79. The first-order chi connectivity index (χ1) is 13.2. The van der Waals surface area contributed by atoms with Gasteiger partial charge in [0.15, 0.2) is 11.8 Å². The molecule has 0 aliphatic carbocycles. The second-order valence-corrected chi connectivity index (χ2v) is 7.74. The first kappa shape index (κ1) is 21.5. The lowest BCUT2D eigenvalue weighted by Crippen LogP contribution is -2.37. The van der Waals surface area contributed by atoms with Crippen molar-refractivity contribution in [2.45, 2.75) is 53.3 Å². The maximum absolute atomic E-state index is 6.13. The Labute approximate surface area is 167 Å². The standard InChI is InChI=1S/C21H32N6O/c1-8-11-22-20(24-14-19-26-25-16(3)27(19)7)23-13-17-10-9-15(2)12-18(17)28-21(4,5)6/h8-10,12H,1,11,13-14H2,2-7H3,(H2,22,23,24). The van der Waals surface area contributed by atoms with Gasteiger partial charge in [0.25, 0.3) is 0 Å². The van der Waals surface area contributed by atoms with Crippen LogP contribution >= 0.6 is 0 Å². The molecule has 7 nitrogen and oxygen atoms in total. The van der Waals surface area contributed by atoms with E-state index in [9.17, 15) is 0 Å². The molecule has 1 aromatic heterocycles. The van der Waals surface area contributed by atoms with E-state index in [1.54, 1.807) is 6.08 Å². The lowest BCUT2D eigenvalue weighted by Gasteiger charge is -2.23. The van der Waals surface area contributed by atoms with Gasteiger partial charge < -0.3 is 19.9 Å². The number of rotatable bonds is 7. The van der Waals surface area contributed by atoms with E-state index in [1.807, 2.05) is 39.3 Å². The summed E-state index contributed by atoms with van der Waals surface area (Å²) in [6.45, 7) is 15.5. The van der Waals surface area contributed by atoms with E-state index in [1.165, 1.54) is 0 Å². The largest absolute Gasteiger partial charge is 0.488 e. The van der Waals surface area contributed by atoms with E-state index >= 15 is 0 Å². The number of aliphatic imine (C=N–C) groups is 1. The van der Waals surface area contributed by atoms with Crippen LogP contribution in [0.4, 0.5) is 0 Å². The highest BCUT2D eigenvalue weighted by Crippen LogP contribution is 2.25. The van der Waals surface area contributed by atoms with E-state index < -0.39 is 0 Å². The Hall–Kier alpha value is -2.83. The van der Waals surface area contributed by atoms with Gasteiger partial charge in [0, 0.05) is 19.2 Å². The summed E-state index contributed by atoms with van der Waals surface area (Å²) >= 11 is 0. The smallest absolute Gasteiger partial charge is 0.192 e. The van der Waals surface area contributed by atoms with E-state index in [2.05, 4.69) is 52.5 Å². The van der Waals surface area contributed by atoms with Crippen LogP contribution in [0.5, 0.6) is 5.75 Å². The number of nitrogens with zero attached hydrogens (tertiary/aromatic N) is 4. The normalized spacial score (nSPS) is 12.0. The third-order valence-electron chi connectivity index (χ3n) is 4.06. The molecule has 2 aromatic rings. The molecule has 2 rings (SSSR count). The quantitative estimate of drug-likeness (QED) is 0.436. The third-order valence-corrected chi connectivity index (χ3v) is 4.06. The van der Waals surface area contributed by atoms with Crippen molar-refractivity contribution in [3.63, 3.8) is 0 Å². The SMILES string of the molecule is C=CCNC(=NCc1ccc(C)cc1OC(C)(C)C)NCc1nnc(C)n1C. The lowest BCUT2D eigenvalue weighted by molar-refractivity contribution is 0.129. The Balaban J connectivity index is 2.15. The van der Waals surface area contributed by atoms with Crippen LogP contribution < -0.4 is 15.4 Å². The predicted octanol–water partition coefficient (Wildman–Crippen LogP) is 3.03. The molecule has 0 spiro atoms. The highest BCUT2D eigenvalue weighted by atomic mass is 16.5. The molecule has 0 unspecified atom stereocenters. The molecule has 0 bridgehead atoms. The van der Waals surface area contributed by atoms with Crippen molar-refractivity contribution in [3.05, 3.63) is 53.6 Å². The fourth-order valence-corrected chi connectivity index (χ4v) is 2.49. The van der Waals surface area contributed by atoms with Crippen molar-refractivity contribution in [2.24, 2.45) is 12.0 Å². The van der Waals surface area contributed by atoms with Gasteiger partial charge in [-0.05, 0) is 46.2 Å². The Morgan fingerprint density at radius 1 is 1.25 bits per heavy atom. The first-order valence-electron chi connectivity index (χ1n) is 9.46. The predicted molar refractivity (Wildman–Crippen MR) is 113 cm³/mol. The van der Waals surface area contributed by atoms with Gasteiger partial charge >= 0.3 is 0 Å². The van der Waals surface area contributed by atoms with Crippen molar-refractivity contribution in [3.8, 4) is 5.75 Å². The zero-order valence-corrected chi connectivity index (χ0v) is 17.8. The molecule has 0 radical (unpaired) electrons. The Morgan fingerprint density at radius 2 is 2.00 bits per heavy atom. The van der Waals surface area contributed by atoms with Gasteiger partial charge in [0.1, 0.15) is 17.2 Å². The fraction of sp³-hybridized carbons (Fsp3) is 0.476. The molecule has 0 amide bonds. The molecule has 0 saturated heterocycles. The summed E-state index contributed by atoms with van der Waals surface area (Å²) in [6.07, 6.45) is 1.80. The van der Waals surface area contributed by atoms with Gasteiger partial charge in [0.05, 0.1) is 13.1 Å². The summed E-state index contributed by atoms with van der Waals surface area (Å²) in [7, 11) is 1.95. The molecule has 7 heteroatoms. The molecule has 1 heterocycles. The third kappa shape index (κ3) is 6.40. The van der Waals surface area contributed by atoms with Gasteiger partial charge in [-0.15, -0.1) is 16.8 Å². The van der Waals surface area contributed by atoms with Crippen LogP contribution in [0.2, 0.25) is 0 Å². The Morgan fingerprint density at radius 3 is 2.61 bits per heavy atom. The van der Waals surface area contributed by atoms with Gasteiger partial charge in [-0.2, -0.15) is 0 Å². The second kappa shape index (κ2) is 9.39. The summed E-state index contributed by atoms with van der Waals surface area (Å²) in [5.74, 6) is 3.27. The highest BCUT2D eigenvalue weighted by Gasteiger charge is 2.15. The van der Waals surface area contributed by atoms with Crippen LogP contribution in [0.1, 0.15) is 43.5 Å². The molecule has 0 aliphatic heterocycles. The molecule has 0 atom stereocenters. The molecule has 0 fully saturated rings. The van der Waals surface area contributed by atoms with E-state index in [0.717, 1.165) is 28.5 Å². The van der Waals surface area contributed by atoms with Crippen LogP contribution in [-0.4, -0.2) is 32.9 Å². The Bertz CT molecular complexity index is 832. The van der Waals surface area contributed by atoms with Crippen LogP contribution in [0, 0.1) is 13.8 Å². The van der Waals surface area contributed by atoms with Crippen molar-refractivity contribution < 1.29 is 4.74 Å². The maximum Gasteiger partial charge on any atom is 0.192 e. The minimum atomic E-state index is -0.266. The van der Waals surface area contributed by atoms with E-state index in [-0.39, 0.29) is 5.60 Å². The topological polar surface area (TPSA) is 76.4 Å². The summed E-state index contributed by atoms with van der Waals surface area (Å²) in [5.41, 5.74) is 1.93. The number of hydrogen-bond acceptors (Lipinski definition) is 4. The Kier molecular flexibility index (Phi) is 7.20. The van der Waals surface area contributed by atoms with Crippen molar-refractivity contribution >= 4 is 5.96 Å². The first-order valence-corrected chi connectivity index (χ1v) is 9.46. The average Bonchev–Trinajstić information content (AvgIpc) is 2.93. The number of aromatic nitrogens is 3. The minimum absolute atomic E-state index is 0.266. The number of aryl methyl sites for hydroxylation is 2. The van der Waals surface area contributed by atoms with Gasteiger partial charge in [0.2, 0.25) is 0 Å². The second-order valence-electron chi connectivity index (χ2n) is 7.74. The molecule has 2 N–H and O–H groups in total. The van der Waals surface area contributed by atoms with Crippen molar-refractivity contribution in [2.75, 3.05) is 6.54 Å². The van der Waals surface area contributed by atoms with Crippen LogP contribution in [-0.2, 0) is 20.1 Å². The fourth-order valence-electron chi connectivity index (χ4n) is 2.49. The number of nitrogens with one attached hydrogen (secondary N) is 2. The monoisotopic (exact) mass is 384 g/mol. The van der Waals surface area contributed by atoms with Gasteiger partial charge in [-0.3, -0.25) is 0 Å². The maximum atomic E-state index is 6.13. The number of guanidine groups is 1. The average molecular weight is 385 g/mol. The zero-order chi connectivity index (χ0) is 20.7. The van der Waals surface area contributed by atoms with Crippen LogP contribution in [0.3, 0.4) is 0 Å². The molecule has 0 aliphatic rings. The van der Waals surface area contributed by atoms with E-state index in [4.69, 9.17) is 9.73 Å².